The Balaban J connectivity index is 2.62. The predicted octanol–water partition coefficient (Wildman–Crippen LogP) is 3.27. The molecule has 1 fully saturated rings. The molecule has 0 radical (unpaired) electrons. The lowest BCUT2D eigenvalue weighted by Crippen LogP contribution is -2.44. The van der Waals surface area contributed by atoms with Gasteiger partial charge in [-0.05, 0) is 45.1 Å². The maximum absolute atomic E-state index is 3.45. The van der Waals surface area contributed by atoms with Crippen molar-refractivity contribution < 1.29 is 0 Å². The zero-order valence-corrected chi connectivity index (χ0v) is 12.5. The van der Waals surface area contributed by atoms with Crippen LogP contribution in [0.15, 0.2) is 0 Å². The van der Waals surface area contributed by atoms with Gasteiger partial charge in [-0.1, -0.05) is 27.7 Å². The van der Waals surface area contributed by atoms with Crippen molar-refractivity contribution in [2.24, 2.45) is 5.92 Å². The predicted molar refractivity (Wildman–Crippen MR) is 76.4 cm³/mol. The third-order valence-electron chi connectivity index (χ3n) is 4.27. The molecule has 0 aliphatic heterocycles. The van der Waals surface area contributed by atoms with E-state index >= 15 is 0 Å². The van der Waals surface area contributed by atoms with Gasteiger partial charge in [0.1, 0.15) is 0 Å². The molecule has 2 heteroatoms. The largest absolute Gasteiger partial charge is 0.317 e. The third-order valence-corrected chi connectivity index (χ3v) is 4.27. The summed E-state index contributed by atoms with van der Waals surface area (Å²) in [6.07, 6.45) is 6.68. The van der Waals surface area contributed by atoms with Gasteiger partial charge in [0, 0.05) is 24.7 Å². The summed E-state index contributed by atoms with van der Waals surface area (Å²) in [6.45, 7) is 10.6. The Bertz CT molecular complexity index is 199. The Morgan fingerprint density at radius 2 is 1.82 bits per heavy atom. The summed E-state index contributed by atoms with van der Waals surface area (Å²) in [6, 6.07) is 2.36. The number of nitrogens with one attached hydrogen (secondary N) is 1. The van der Waals surface area contributed by atoms with Crippen molar-refractivity contribution in [3.05, 3.63) is 0 Å². The third kappa shape index (κ3) is 4.26. The molecule has 2 nitrogen and oxygen atoms in total. The van der Waals surface area contributed by atoms with Crippen LogP contribution in [0, 0.1) is 5.92 Å². The van der Waals surface area contributed by atoms with Gasteiger partial charge in [0.15, 0.2) is 0 Å². The summed E-state index contributed by atoms with van der Waals surface area (Å²) >= 11 is 0. The summed E-state index contributed by atoms with van der Waals surface area (Å²) in [5.41, 5.74) is 0. The molecule has 2 unspecified atom stereocenters. The van der Waals surface area contributed by atoms with Crippen LogP contribution in [-0.4, -0.2) is 36.6 Å². The smallest absolute Gasteiger partial charge is 0.0114 e. The van der Waals surface area contributed by atoms with E-state index in [1.165, 1.54) is 38.6 Å². The molecule has 102 valence electrons. The Morgan fingerprint density at radius 1 is 1.18 bits per heavy atom. The summed E-state index contributed by atoms with van der Waals surface area (Å²) in [4.78, 5) is 2.81. The molecule has 0 amide bonds. The van der Waals surface area contributed by atoms with Gasteiger partial charge in [-0.25, -0.2) is 0 Å². The average Bonchev–Trinajstić information content (AvgIpc) is 2.77. The number of rotatable bonds is 7. The molecule has 1 aliphatic carbocycles. The minimum atomic E-state index is 0.754. The SMILES string of the molecule is CCC(CC)N(CC(C)C)C1CCC(NC)C1. The molecule has 1 N–H and O–H groups in total. The fourth-order valence-electron chi connectivity index (χ4n) is 3.30. The van der Waals surface area contributed by atoms with Gasteiger partial charge in [0.05, 0.1) is 0 Å². The van der Waals surface area contributed by atoms with E-state index in [1.807, 2.05) is 0 Å². The Labute approximate surface area is 108 Å². The minimum Gasteiger partial charge on any atom is -0.317 e. The van der Waals surface area contributed by atoms with Crippen LogP contribution in [-0.2, 0) is 0 Å². The summed E-state index contributed by atoms with van der Waals surface area (Å²) in [5.74, 6) is 0.782. The summed E-state index contributed by atoms with van der Waals surface area (Å²) in [7, 11) is 2.11. The van der Waals surface area contributed by atoms with Crippen LogP contribution in [0.4, 0.5) is 0 Å². The zero-order chi connectivity index (χ0) is 12.8. The molecule has 0 aromatic carbocycles. The van der Waals surface area contributed by atoms with Crippen LogP contribution in [0.2, 0.25) is 0 Å². The molecule has 1 aliphatic rings. The minimum absolute atomic E-state index is 0.754. The summed E-state index contributed by atoms with van der Waals surface area (Å²) in [5, 5.41) is 3.45. The molecular formula is C15H32N2. The molecule has 0 spiro atoms. The van der Waals surface area contributed by atoms with Crippen molar-refractivity contribution in [3.63, 3.8) is 0 Å². The zero-order valence-electron chi connectivity index (χ0n) is 12.5. The quantitative estimate of drug-likeness (QED) is 0.735. The number of hydrogen-bond acceptors (Lipinski definition) is 2. The van der Waals surface area contributed by atoms with Crippen LogP contribution >= 0.6 is 0 Å². The lowest BCUT2D eigenvalue weighted by Gasteiger charge is -2.37. The number of nitrogens with zero attached hydrogens (tertiary/aromatic N) is 1. The highest BCUT2D eigenvalue weighted by atomic mass is 15.2. The van der Waals surface area contributed by atoms with Crippen molar-refractivity contribution >= 4 is 0 Å². The second kappa shape index (κ2) is 7.38. The maximum Gasteiger partial charge on any atom is 0.0114 e. The Hall–Kier alpha value is -0.0800. The van der Waals surface area contributed by atoms with Crippen molar-refractivity contribution in [2.45, 2.75) is 77.9 Å². The molecule has 0 saturated heterocycles. The molecule has 17 heavy (non-hydrogen) atoms. The lowest BCUT2D eigenvalue weighted by molar-refractivity contribution is 0.110. The van der Waals surface area contributed by atoms with Crippen LogP contribution in [0.5, 0.6) is 0 Å². The fraction of sp³-hybridized carbons (Fsp3) is 1.00. The van der Waals surface area contributed by atoms with Crippen LogP contribution in [0.25, 0.3) is 0 Å². The molecule has 1 rings (SSSR count). The van der Waals surface area contributed by atoms with Crippen LogP contribution < -0.4 is 5.32 Å². The molecule has 0 aromatic heterocycles. The number of hydrogen-bond donors (Lipinski definition) is 1. The second-order valence-electron chi connectivity index (χ2n) is 6.01. The highest BCUT2D eigenvalue weighted by molar-refractivity contribution is 4.88. The van der Waals surface area contributed by atoms with Gasteiger partial charge in [-0.2, -0.15) is 0 Å². The van der Waals surface area contributed by atoms with Crippen molar-refractivity contribution in [1.29, 1.82) is 0 Å². The van der Waals surface area contributed by atoms with E-state index in [4.69, 9.17) is 0 Å². The monoisotopic (exact) mass is 240 g/mol. The van der Waals surface area contributed by atoms with Gasteiger partial charge in [0.25, 0.3) is 0 Å². The first-order valence-corrected chi connectivity index (χ1v) is 7.55. The molecular weight excluding hydrogens is 208 g/mol. The average molecular weight is 240 g/mol. The van der Waals surface area contributed by atoms with Crippen LogP contribution in [0.3, 0.4) is 0 Å². The first-order valence-electron chi connectivity index (χ1n) is 7.55. The standard InChI is InChI=1S/C15H32N2/c1-6-14(7-2)17(11-12(3)4)15-9-8-13(10-15)16-5/h12-16H,6-11H2,1-5H3. The molecule has 1 saturated carbocycles. The van der Waals surface area contributed by atoms with Crippen molar-refractivity contribution in [3.8, 4) is 0 Å². The van der Waals surface area contributed by atoms with E-state index in [0.29, 0.717) is 0 Å². The Morgan fingerprint density at radius 3 is 2.24 bits per heavy atom. The fourth-order valence-corrected chi connectivity index (χ4v) is 3.30. The van der Waals surface area contributed by atoms with E-state index in [-0.39, 0.29) is 0 Å². The van der Waals surface area contributed by atoms with Crippen LogP contribution in [0.1, 0.15) is 59.8 Å². The first kappa shape index (κ1) is 15.0. The normalized spacial score (nSPS) is 25.4. The van der Waals surface area contributed by atoms with Gasteiger partial charge in [0.2, 0.25) is 0 Å². The second-order valence-corrected chi connectivity index (χ2v) is 6.01. The highest BCUT2D eigenvalue weighted by Crippen LogP contribution is 2.28. The van der Waals surface area contributed by atoms with Gasteiger partial charge in [-0.3, -0.25) is 4.90 Å². The molecule has 0 aromatic rings. The topological polar surface area (TPSA) is 15.3 Å². The lowest BCUT2D eigenvalue weighted by atomic mass is 10.0. The van der Waals surface area contributed by atoms with E-state index in [1.54, 1.807) is 0 Å². The maximum atomic E-state index is 3.45. The molecule has 0 heterocycles. The summed E-state index contributed by atoms with van der Waals surface area (Å²) < 4.78 is 0. The van der Waals surface area contributed by atoms with E-state index < -0.39 is 0 Å². The molecule has 2 atom stereocenters. The van der Waals surface area contributed by atoms with Crippen molar-refractivity contribution in [2.75, 3.05) is 13.6 Å². The van der Waals surface area contributed by atoms with Gasteiger partial charge < -0.3 is 5.32 Å². The Kier molecular flexibility index (Phi) is 6.50. The first-order chi connectivity index (χ1) is 8.12. The highest BCUT2D eigenvalue weighted by Gasteiger charge is 2.31. The van der Waals surface area contributed by atoms with Gasteiger partial charge in [-0.15, -0.1) is 0 Å². The van der Waals surface area contributed by atoms with Gasteiger partial charge >= 0.3 is 0 Å². The van der Waals surface area contributed by atoms with E-state index in [9.17, 15) is 0 Å². The van der Waals surface area contributed by atoms with Crippen molar-refractivity contribution in [1.82, 2.24) is 10.2 Å². The van der Waals surface area contributed by atoms with E-state index in [2.05, 4.69) is 45.0 Å². The van der Waals surface area contributed by atoms with E-state index in [0.717, 1.165) is 24.0 Å². The molecule has 0 bridgehead atoms.